The number of aromatic nitrogens is 2. The predicted molar refractivity (Wildman–Crippen MR) is 221 cm³/mol. The van der Waals surface area contributed by atoms with Gasteiger partial charge in [-0.05, 0) is 85.3 Å². The van der Waals surface area contributed by atoms with Crippen LogP contribution in [0.2, 0.25) is 0 Å². The van der Waals surface area contributed by atoms with Gasteiger partial charge in [0.05, 0.1) is 22.9 Å². The fourth-order valence-electron chi connectivity index (χ4n) is 8.19. The molecule has 0 aliphatic rings. The Morgan fingerprint density at radius 1 is 0.321 bits per heavy atom. The predicted octanol–water partition coefficient (Wildman–Crippen LogP) is 13.7. The lowest BCUT2D eigenvalue weighted by atomic mass is 9.91. The second-order valence-corrected chi connectivity index (χ2v) is 13.7. The third-order valence-electron chi connectivity index (χ3n) is 10.7. The van der Waals surface area contributed by atoms with Crippen molar-refractivity contribution in [3.05, 3.63) is 182 Å². The van der Waals surface area contributed by atoms with Crippen LogP contribution in [0.3, 0.4) is 0 Å². The van der Waals surface area contributed by atoms with Gasteiger partial charge < -0.3 is 4.42 Å². The van der Waals surface area contributed by atoms with E-state index >= 15 is 0 Å². The largest absolute Gasteiger partial charge is 0.456 e. The van der Waals surface area contributed by atoms with E-state index in [4.69, 9.17) is 14.4 Å². The maximum atomic E-state index is 6.10. The van der Waals surface area contributed by atoms with Crippen LogP contribution in [0.15, 0.2) is 187 Å². The van der Waals surface area contributed by atoms with E-state index in [1.165, 1.54) is 49.4 Å². The van der Waals surface area contributed by atoms with Gasteiger partial charge in [-0.15, -0.1) is 0 Å². The van der Waals surface area contributed by atoms with E-state index in [2.05, 4.69) is 164 Å². The number of para-hydroxylation sites is 1. The topological polar surface area (TPSA) is 38.9 Å². The van der Waals surface area contributed by atoms with E-state index in [9.17, 15) is 0 Å². The average molecular weight is 675 g/mol. The molecule has 0 saturated carbocycles. The Morgan fingerprint density at radius 3 is 1.55 bits per heavy atom. The highest BCUT2D eigenvalue weighted by Gasteiger charge is 2.15. The molecule has 0 aliphatic carbocycles. The molecule has 3 nitrogen and oxygen atoms in total. The third-order valence-corrected chi connectivity index (χ3v) is 10.7. The normalized spacial score (nSPS) is 11.8. The number of benzene rings is 9. The molecule has 0 radical (unpaired) electrons. The molecule has 11 rings (SSSR count). The monoisotopic (exact) mass is 674 g/mol. The Balaban J connectivity index is 1.00. The number of rotatable bonds is 4. The van der Waals surface area contributed by atoms with Crippen molar-refractivity contribution in [2.75, 3.05) is 0 Å². The van der Waals surface area contributed by atoms with Crippen LogP contribution >= 0.6 is 0 Å². The van der Waals surface area contributed by atoms with Crippen LogP contribution in [-0.4, -0.2) is 9.97 Å². The van der Waals surface area contributed by atoms with Crippen LogP contribution in [0.4, 0.5) is 0 Å². The second kappa shape index (κ2) is 11.7. The van der Waals surface area contributed by atoms with Crippen LogP contribution in [0.1, 0.15) is 0 Å². The van der Waals surface area contributed by atoms with Gasteiger partial charge in [0.2, 0.25) is 0 Å². The highest BCUT2D eigenvalue weighted by Crippen LogP contribution is 2.39. The number of hydrogen-bond donors (Lipinski definition) is 0. The fourth-order valence-corrected chi connectivity index (χ4v) is 8.19. The molecular weight excluding hydrogens is 645 g/mol. The van der Waals surface area contributed by atoms with Gasteiger partial charge >= 0.3 is 0 Å². The Bertz CT molecular complexity index is 3210. The first-order valence-electron chi connectivity index (χ1n) is 18.0. The summed E-state index contributed by atoms with van der Waals surface area (Å²) in [5.74, 6) is 0. The zero-order valence-electron chi connectivity index (χ0n) is 28.6. The Labute approximate surface area is 305 Å². The highest BCUT2D eigenvalue weighted by molar-refractivity contribution is 6.23. The van der Waals surface area contributed by atoms with Gasteiger partial charge in [-0.2, -0.15) is 0 Å². The molecule has 53 heavy (non-hydrogen) atoms. The van der Waals surface area contributed by atoms with Gasteiger partial charge in [-0.3, -0.25) is 4.98 Å². The molecule has 11 aromatic rings. The van der Waals surface area contributed by atoms with Crippen LogP contribution in [-0.2, 0) is 0 Å². The molecule has 2 heterocycles. The number of furan rings is 1. The molecule has 0 bridgehead atoms. The van der Waals surface area contributed by atoms with E-state index in [0.29, 0.717) is 0 Å². The summed E-state index contributed by atoms with van der Waals surface area (Å²) in [5, 5.41) is 9.34. The Hall–Kier alpha value is -7.10. The van der Waals surface area contributed by atoms with Crippen LogP contribution in [0.5, 0.6) is 0 Å². The molecule has 3 heteroatoms. The summed E-state index contributed by atoms with van der Waals surface area (Å²) in [6, 6.07) is 62.5. The molecule has 9 aromatic carbocycles. The maximum Gasteiger partial charge on any atom is 0.135 e. The van der Waals surface area contributed by atoms with E-state index < -0.39 is 0 Å². The summed E-state index contributed by atoms with van der Waals surface area (Å²) in [4.78, 5) is 10.3. The smallest absolute Gasteiger partial charge is 0.135 e. The van der Waals surface area contributed by atoms with Crippen molar-refractivity contribution in [2.24, 2.45) is 0 Å². The molecule has 0 fully saturated rings. The SMILES string of the molecule is c1cc(-c2ccc3oc4ccccc4c3c2)cc(-c2cccc3c(-c4cccc(-c5cnc6c7ccccc7c7ccccc7c6n5)c4)cccc23)c1. The molecule has 0 N–H and O–H groups in total. The van der Waals surface area contributed by atoms with Gasteiger partial charge in [-0.1, -0.05) is 146 Å². The zero-order valence-corrected chi connectivity index (χ0v) is 28.6. The van der Waals surface area contributed by atoms with Gasteiger partial charge in [-0.25, -0.2) is 4.98 Å². The van der Waals surface area contributed by atoms with E-state index in [-0.39, 0.29) is 0 Å². The summed E-state index contributed by atoms with van der Waals surface area (Å²) in [6.45, 7) is 0. The molecule has 0 unspecified atom stereocenters. The lowest BCUT2D eigenvalue weighted by molar-refractivity contribution is 0.669. The van der Waals surface area contributed by atoms with E-state index in [0.717, 1.165) is 60.6 Å². The minimum absolute atomic E-state index is 0.860. The molecular formula is C50H30N2O. The minimum atomic E-state index is 0.860. The van der Waals surface area contributed by atoms with E-state index in [1.807, 2.05) is 18.3 Å². The first-order chi connectivity index (χ1) is 26.3. The van der Waals surface area contributed by atoms with Crippen molar-refractivity contribution < 1.29 is 4.42 Å². The van der Waals surface area contributed by atoms with Gasteiger partial charge in [0.1, 0.15) is 11.2 Å². The minimum Gasteiger partial charge on any atom is -0.456 e. The van der Waals surface area contributed by atoms with Crippen molar-refractivity contribution in [1.29, 1.82) is 0 Å². The second-order valence-electron chi connectivity index (χ2n) is 13.7. The lowest BCUT2D eigenvalue weighted by Crippen LogP contribution is -1.92. The van der Waals surface area contributed by atoms with Crippen LogP contribution < -0.4 is 0 Å². The molecule has 0 spiro atoms. The average Bonchev–Trinajstić information content (AvgIpc) is 3.61. The molecule has 0 aliphatic heterocycles. The lowest BCUT2D eigenvalue weighted by Gasteiger charge is -2.13. The summed E-state index contributed by atoms with van der Waals surface area (Å²) in [5.41, 5.74) is 12.6. The summed E-state index contributed by atoms with van der Waals surface area (Å²) in [7, 11) is 0. The standard InChI is InChI=1S/C50H30N2O/c1-3-18-43-40(15-1)41-16-2-4-19-44(41)50-49(43)51-30-46(52-50)35-14-8-13-34(28-35)37-21-10-22-38-36(20-9-23-39(37)38)33-12-7-11-31(27-33)32-25-26-48-45(29-32)42-17-5-6-24-47(42)53-48/h1-30H. The molecule has 0 saturated heterocycles. The van der Waals surface area contributed by atoms with Gasteiger partial charge in [0.25, 0.3) is 0 Å². The van der Waals surface area contributed by atoms with Crippen molar-refractivity contribution >= 4 is 65.3 Å². The Morgan fingerprint density at radius 2 is 0.830 bits per heavy atom. The number of nitrogens with zero attached hydrogens (tertiary/aromatic N) is 2. The number of hydrogen-bond acceptors (Lipinski definition) is 3. The highest BCUT2D eigenvalue weighted by atomic mass is 16.3. The maximum absolute atomic E-state index is 6.10. The van der Waals surface area contributed by atoms with Crippen LogP contribution in [0.25, 0.3) is 110 Å². The summed E-state index contributed by atoms with van der Waals surface area (Å²) in [6.07, 6.45) is 1.92. The molecule has 246 valence electrons. The van der Waals surface area contributed by atoms with Crippen LogP contribution in [0, 0.1) is 0 Å². The number of fused-ring (bicyclic) bond motifs is 10. The quantitative estimate of drug-likeness (QED) is 0.174. The third kappa shape index (κ3) is 4.75. The molecule has 0 atom stereocenters. The van der Waals surface area contributed by atoms with E-state index in [1.54, 1.807) is 0 Å². The van der Waals surface area contributed by atoms with Crippen molar-refractivity contribution in [1.82, 2.24) is 9.97 Å². The van der Waals surface area contributed by atoms with Crippen molar-refractivity contribution in [3.8, 4) is 44.6 Å². The summed E-state index contributed by atoms with van der Waals surface area (Å²) >= 11 is 0. The van der Waals surface area contributed by atoms with Crippen molar-refractivity contribution in [2.45, 2.75) is 0 Å². The summed E-state index contributed by atoms with van der Waals surface area (Å²) < 4.78 is 6.10. The first kappa shape index (κ1) is 29.6. The van der Waals surface area contributed by atoms with Gasteiger partial charge in [0, 0.05) is 27.1 Å². The molecule has 0 amide bonds. The first-order valence-corrected chi connectivity index (χ1v) is 18.0. The molecule has 2 aromatic heterocycles. The van der Waals surface area contributed by atoms with Crippen molar-refractivity contribution in [3.63, 3.8) is 0 Å². The van der Waals surface area contributed by atoms with Gasteiger partial charge in [0.15, 0.2) is 0 Å². The fraction of sp³-hybridized carbons (Fsp3) is 0. The Kier molecular flexibility index (Phi) is 6.55. The zero-order chi connectivity index (χ0) is 34.9.